The Labute approximate surface area is 164 Å². The highest BCUT2D eigenvalue weighted by molar-refractivity contribution is 7.19. The average molecular weight is 392 g/mol. The Morgan fingerprint density at radius 2 is 2.00 bits per heavy atom. The first-order valence-electron chi connectivity index (χ1n) is 8.43. The van der Waals surface area contributed by atoms with Crippen LogP contribution in [0.4, 0.5) is 5.82 Å². The molecule has 2 aromatic heterocycles. The van der Waals surface area contributed by atoms with Gasteiger partial charge in [0.05, 0.1) is 12.7 Å². The molecule has 0 spiro atoms. The van der Waals surface area contributed by atoms with Crippen LogP contribution in [0.15, 0.2) is 58.6 Å². The standard InChI is InChI=1S/C20H16N4O3S/c1-11-5-3-4-6-13(11)19-23-24-17(21)14(18(26)22-20(24)28-19)9-12-7-8-15(25)16(10-12)27-2/h3-10H,21H2,1-2H3/b12-9-. The minimum atomic E-state index is -0.456. The monoisotopic (exact) mass is 392 g/mol. The average Bonchev–Trinajstić information content (AvgIpc) is 3.10. The fourth-order valence-electron chi connectivity index (χ4n) is 2.88. The zero-order chi connectivity index (χ0) is 19.8. The van der Waals surface area contributed by atoms with Crippen molar-refractivity contribution in [2.75, 3.05) is 12.8 Å². The normalized spacial score (nSPS) is 15.3. The number of ether oxygens (including phenoxy) is 1. The number of nitrogens with two attached hydrogens (primary N) is 1. The molecule has 3 aromatic rings. The van der Waals surface area contributed by atoms with Crippen LogP contribution in [0.25, 0.3) is 21.6 Å². The van der Waals surface area contributed by atoms with Gasteiger partial charge in [-0.3, -0.25) is 9.59 Å². The lowest BCUT2D eigenvalue weighted by molar-refractivity contribution is -0.114. The smallest absolute Gasteiger partial charge is 0.283 e. The number of ketones is 1. The van der Waals surface area contributed by atoms with E-state index in [1.807, 2.05) is 31.2 Å². The van der Waals surface area contributed by atoms with Crippen molar-refractivity contribution in [2.45, 2.75) is 6.92 Å². The van der Waals surface area contributed by atoms with Gasteiger partial charge in [0, 0.05) is 5.56 Å². The van der Waals surface area contributed by atoms with Crippen molar-refractivity contribution in [1.29, 1.82) is 0 Å². The van der Waals surface area contributed by atoms with Gasteiger partial charge in [0.15, 0.2) is 5.76 Å². The van der Waals surface area contributed by atoms with Gasteiger partial charge in [0.25, 0.3) is 5.56 Å². The minimum absolute atomic E-state index is 0.191. The molecule has 4 rings (SSSR count). The van der Waals surface area contributed by atoms with Crippen molar-refractivity contribution < 1.29 is 9.53 Å². The summed E-state index contributed by atoms with van der Waals surface area (Å²) < 4.78 is 6.52. The van der Waals surface area contributed by atoms with Gasteiger partial charge in [-0.2, -0.15) is 14.6 Å². The van der Waals surface area contributed by atoms with Crippen molar-refractivity contribution in [2.24, 2.45) is 0 Å². The van der Waals surface area contributed by atoms with E-state index in [9.17, 15) is 9.59 Å². The first kappa shape index (κ1) is 17.9. The highest BCUT2D eigenvalue weighted by Gasteiger charge is 2.17. The van der Waals surface area contributed by atoms with Gasteiger partial charge in [-0.15, -0.1) is 0 Å². The van der Waals surface area contributed by atoms with E-state index in [2.05, 4.69) is 10.1 Å². The van der Waals surface area contributed by atoms with Gasteiger partial charge in [0.2, 0.25) is 10.7 Å². The summed E-state index contributed by atoms with van der Waals surface area (Å²) in [6, 6.07) is 7.84. The molecule has 0 aliphatic heterocycles. The number of carbonyl (C=O) groups is 1. The van der Waals surface area contributed by atoms with E-state index in [0.717, 1.165) is 16.1 Å². The predicted molar refractivity (Wildman–Crippen MR) is 109 cm³/mol. The van der Waals surface area contributed by atoms with Crippen LogP contribution in [-0.2, 0) is 9.53 Å². The molecule has 1 aromatic carbocycles. The summed E-state index contributed by atoms with van der Waals surface area (Å²) in [4.78, 5) is 28.8. The number of fused-ring (bicyclic) bond motifs is 1. The molecule has 1 aliphatic rings. The number of benzene rings is 1. The van der Waals surface area contributed by atoms with Crippen molar-refractivity contribution in [3.05, 3.63) is 75.3 Å². The lowest BCUT2D eigenvalue weighted by atomic mass is 10.0. The topological polar surface area (TPSA) is 99.6 Å². The first-order chi connectivity index (χ1) is 13.5. The fraction of sp³-hybridized carbons (Fsp3) is 0.100. The van der Waals surface area contributed by atoms with Gasteiger partial charge in [0.1, 0.15) is 10.8 Å². The number of methoxy groups -OCH3 is 1. The highest BCUT2D eigenvalue weighted by atomic mass is 32.1. The SMILES string of the molecule is COC1=C/C(=C\c2c(N)n3nc(-c4ccccc4C)sc3nc2=O)C=CC1=O. The molecule has 0 atom stereocenters. The molecular formula is C20H16N4O3S. The van der Waals surface area contributed by atoms with Crippen LogP contribution in [0, 0.1) is 6.92 Å². The summed E-state index contributed by atoms with van der Waals surface area (Å²) in [5, 5.41) is 5.28. The Morgan fingerprint density at radius 1 is 1.21 bits per heavy atom. The molecule has 0 fully saturated rings. The van der Waals surface area contributed by atoms with Crippen LogP contribution in [0.1, 0.15) is 11.1 Å². The van der Waals surface area contributed by atoms with Gasteiger partial charge >= 0.3 is 0 Å². The van der Waals surface area contributed by atoms with Crippen molar-refractivity contribution in [3.63, 3.8) is 0 Å². The number of hydrogen-bond acceptors (Lipinski definition) is 7. The minimum Gasteiger partial charge on any atom is -0.493 e. The van der Waals surface area contributed by atoms with E-state index >= 15 is 0 Å². The molecule has 28 heavy (non-hydrogen) atoms. The molecule has 140 valence electrons. The number of nitrogen functional groups attached to an aromatic ring is 1. The Balaban J connectivity index is 1.86. The number of hydrogen-bond donors (Lipinski definition) is 1. The second-order valence-corrected chi connectivity index (χ2v) is 7.14. The maximum absolute atomic E-state index is 12.5. The molecular weight excluding hydrogens is 376 g/mol. The van der Waals surface area contributed by atoms with Crippen molar-refractivity contribution in [3.8, 4) is 10.6 Å². The van der Waals surface area contributed by atoms with Gasteiger partial charge in [-0.05, 0) is 36.3 Å². The molecule has 1 aliphatic carbocycles. The lowest BCUT2D eigenvalue weighted by Gasteiger charge is -2.08. The lowest BCUT2D eigenvalue weighted by Crippen LogP contribution is -2.17. The van der Waals surface area contributed by atoms with Gasteiger partial charge < -0.3 is 10.5 Å². The predicted octanol–water partition coefficient (Wildman–Crippen LogP) is 2.76. The highest BCUT2D eigenvalue weighted by Crippen LogP contribution is 2.29. The van der Waals surface area contributed by atoms with Crippen molar-refractivity contribution >= 4 is 34.0 Å². The van der Waals surface area contributed by atoms with Gasteiger partial charge in [-0.25, -0.2) is 0 Å². The van der Waals surface area contributed by atoms with E-state index in [0.29, 0.717) is 10.5 Å². The van der Waals surface area contributed by atoms with E-state index in [1.165, 1.54) is 29.0 Å². The second kappa shape index (κ2) is 6.90. The summed E-state index contributed by atoms with van der Waals surface area (Å²) in [5.41, 5.74) is 8.63. The maximum atomic E-state index is 12.5. The number of carbonyl (C=O) groups excluding carboxylic acids is 1. The molecule has 0 unspecified atom stereocenters. The number of aromatic nitrogens is 3. The molecule has 8 heteroatoms. The Bertz CT molecular complexity index is 1260. The van der Waals surface area contributed by atoms with E-state index in [-0.39, 0.29) is 22.9 Å². The Hall–Kier alpha value is -3.52. The zero-order valence-corrected chi connectivity index (χ0v) is 16.0. The third kappa shape index (κ3) is 3.03. The van der Waals surface area contributed by atoms with Crippen LogP contribution < -0.4 is 11.3 Å². The third-order valence-corrected chi connectivity index (χ3v) is 5.31. The van der Waals surface area contributed by atoms with Crippen molar-refractivity contribution in [1.82, 2.24) is 14.6 Å². The van der Waals surface area contributed by atoms with Crippen LogP contribution in [0.3, 0.4) is 0 Å². The molecule has 0 saturated carbocycles. The third-order valence-electron chi connectivity index (χ3n) is 4.37. The molecule has 2 heterocycles. The number of rotatable bonds is 3. The first-order valence-corrected chi connectivity index (χ1v) is 9.24. The quantitative estimate of drug-likeness (QED) is 0.736. The molecule has 0 amide bonds. The van der Waals surface area contributed by atoms with E-state index in [1.54, 1.807) is 18.2 Å². The molecule has 7 nitrogen and oxygen atoms in total. The summed E-state index contributed by atoms with van der Waals surface area (Å²) in [6.07, 6.45) is 6.10. The number of nitrogens with zero attached hydrogens (tertiary/aromatic N) is 3. The summed E-state index contributed by atoms with van der Waals surface area (Å²) in [5.74, 6) is 0.147. The molecule has 0 saturated heterocycles. The summed E-state index contributed by atoms with van der Waals surface area (Å²) in [7, 11) is 1.42. The van der Waals surface area contributed by atoms with Crippen LogP contribution in [0.5, 0.6) is 0 Å². The molecule has 2 N–H and O–H groups in total. The van der Waals surface area contributed by atoms with Crippen LogP contribution in [0.2, 0.25) is 0 Å². The van der Waals surface area contributed by atoms with Crippen LogP contribution in [-0.4, -0.2) is 27.5 Å². The maximum Gasteiger partial charge on any atom is 0.283 e. The Morgan fingerprint density at radius 3 is 2.75 bits per heavy atom. The van der Waals surface area contributed by atoms with Gasteiger partial charge in [-0.1, -0.05) is 41.7 Å². The second-order valence-electron chi connectivity index (χ2n) is 6.19. The number of anilines is 1. The summed E-state index contributed by atoms with van der Waals surface area (Å²) >= 11 is 1.30. The largest absolute Gasteiger partial charge is 0.493 e. The molecule has 0 radical (unpaired) electrons. The summed E-state index contributed by atoms with van der Waals surface area (Å²) in [6.45, 7) is 1.99. The van der Waals surface area contributed by atoms with Crippen LogP contribution >= 0.6 is 11.3 Å². The Kier molecular flexibility index (Phi) is 4.40. The van der Waals surface area contributed by atoms with E-state index in [4.69, 9.17) is 10.5 Å². The zero-order valence-electron chi connectivity index (χ0n) is 15.2. The van der Waals surface area contributed by atoms with E-state index < -0.39 is 5.56 Å². The fourth-order valence-corrected chi connectivity index (χ4v) is 3.87. The molecule has 0 bridgehead atoms. The number of aryl methyl sites for hydroxylation is 1. The number of allylic oxidation sites excluding steroid dienone is 4.